The lowest BCUT2D eigenvalue weighted by Crippen LogP contribution is -2.31. The Morgan fingerprint density at radius 3 is 2.78 bits per heavy atom. The summed E-state index contributed by atoms with van der Waals surface area (Å²) in [6, 6.07) is 5.61. The molecule has 3 rings (SSSR count). The van der Waals surface area contributed by atoms with Gasteiger partial charge in [-0.15, -0.1) is 0 Å². The lowest BCUT2D eigenvalue weighted by Gasteiger charge is -2.16. The van der Waals surface area contributed by atoms with Crippen LogP contribution in [0, 0.1) is 18.3 Å². The topological polar surface area (TPSA) is 55.1 Å². The van der Waals surface area contributed by atoms with Crippen molar-refractivity contribution >= 4 is 11.6 Å². The van der Waals surface area contributed by atoms with Gasteiger partial charge < -0.3 is 11.1 Å². The first-order valence-electron chi connectivity index (χ1n) is 6.76. The molecule has 2 saturated carbocycles. The number of nitrogens with one attached hydrogen (secondary N) is 1. The number of carbonyl (C=O) groups excluding carboxylic acids is 1. The predicted octanol–water partition coefficient (Wildman–Crippen LogP) is 2.50. The maximum atomic E-state index is 12.1. The summed E-state index contributed by atoms with van der Waals surface area (Å²) < 4.78 is 0. The number of nitrogen functional groups attached to an aromatic ring is 1. The third-order valence-corrected chi connectivity index (χ3v) is 4.51. The fourth-order valence-electron chi connectivity index (χ4n) is 2.82. The Bertz CT molecular complexity index is 487. The number of benzene rings is 1. The van der Waals surface area contributed by atoms with Gasteiger partial charge in [-0.25, -0.2) is 0 Å². The van der Waals surface area contributed by atoms with Crippen LogP contribution in [0.3, 0.4) is 0 Å². The molecule has 18 heavy (non-hydrogen) atoms. The second-order valence-corrected chi connectivity index (χ2v) is 5.86. The molecule has 0 atom stereocenters. The minimum Gasteiger partial charge on any atom is -0.398 e. The van der Waals surface area contributed by atoms with Gasteiger partial charge >= 0.3 is 0 Å². The molecule has 1 amide bonds. The first kappa shape index (κ1) is 11.6. The van der Waals surface area contributed by atoms with Crippen molar-refractivity contribution in [2.75, 3.05) is 12.3 Å². The monoisotopic (exact) mass is 244 g/mol. The van der Waals surface area contributed by atoms with Crippen LogP contribution in [0.25, 0.3) is 0 Å². The highest BCUT2D eigenvalue weighted by Gasteiger charge is 2.53. The first-order valence-corrected chi connectivity index (χ1v) is 6.76. The van der Waals surface area contributed by atoms with Gasteiger partial charge in [0.1, 0.15) is 0 Å². The van der Waals surface area contributed by atoms with Crippen LogP contribution < -0.4 is 11.1 Å². The van der Waals surface area contributed by atoms with Crippen LogP contribution in [0.15, 0.2) is 18.2 Å². The molecular weight excluding hydrogens is 224 g/mol. The molecule has 3 N–H and O–H groups in total. The Morgan fingerprint density at radius 1 is 1.44 bits per heavy atom. The van der Waals surface area contributed by atoms with Gasteiger partial charge in [0.15, 0.2) is 0 Å². The average Bonchev–Trinajstić information content (AvgIpc) is 3.22. The maximum absolute atomic E-state index is 12.1. The second-order valence-electron chi connectivity index (χ2n) is 5.86. The SMILES string of the molecule is Cc1cccc(C(=O)NCC2(C3CC3)CC2)c1N. The van der Waals surface area contributed by atoms with Crippen LogP contribution in [0.5, 0.6) is 0 Å². The van der Waals surface area contributed by atoms with Crippen molar-refractivity contribution in [2.45, 2.75) is 32.6 Å². The van der Waals surface area contributed by atoms with E-state index in [-0.39, 0.29) is 5.91 Å². The standard InChI is InChI=1S/C15H20N2O/c1-10-3-2-4-12(13(10)16)14(18)17-9-15(7-8-15)11-5-6-11/h2-4,11H,5-9,16H2,1H3,(H,17,18). The summed E-state index contributed by atoms with van der Waals surface area (Å²) in [5.74, 6) is 0.843. The van der Waals surface area contributed by atoms with Gasteiger partial charge in [0.05, 0.1) is 5.56 Å². The number of amides is 1. The Kier molecular flexibility index (Phi) is 2.58. The lowest BCUT2D eigenvalue weighted by atomic mass is 10.0. The molecule has 0 unspecified atom stereocenters. The lowest BCUT2D eigenvalue weighted by molar-refractivity contribution is 0.0943. The number of hydrogen-bond donors (Lipinski definition) is 2. The number of carbonyl (C=O) groups is 1. The molecule has 0 saturated heterocycles. The van der Waals surface area contributed by atoms with Gasteiger partial charge in [-0.05, 0) is 55.6 Å². The molecule has 0 heterocycles. The fourth-order valence-corrected chi connectivity index (χ4v) is 2.82. The Hall–Kier alpha value is -1.51. The molecule has 0 radical (unpaired) electrons. The minimum atomic E-state index is -0.0249. The van der Waals surface area contributed by atoms with Crippen molar-refractivity contribution in [3.63, 3.8) is 0 Å². The molecule has 0 aliphatic heterocycles. The molecule has 0 bridgehead atoms. The van der Waals surface area contributed by atoms with E-state index in [0.29, 0.717) is 16.7 Å². The van der Waals surface area contributed by atoms with Crippen LogP contribution in [-0.4, -0.2) is 12.5 Å². The first-order chi connectivity index (χ1) is 8.62. The highest BCUT2D eigenvalue weighted by atomic mass is 16.1. The van der Waals surface area contributed by atoms with Gasteiger partial charge in [-0.2, -0.15) is 0 Å². The van der Waals surface area contributed by atoms with E-state index in [1.807, 2.05) is 19.1 Å². The number of para-hydroxylation sites is 1. The van der Waals surface area contributed by atoms with Crippen LogP contribution in [0.1, 0.15) is 41.6 Å². The number of nitrogens with two attached hydrogens (primary N) is 1. The zero-order valence-electron chi connectivity index (χ0n) is 10.8. The van der Waals surface area contributed by atoms with E-state index in [0.717, 1.165) is 18.0 Å². The molecule has 1 aromatic carbocycles. The smallest absolute Gasteiger partial charge is 0.253 e. The summed E-state index contributed by atoms with van der Waals surface area (Å²) >= 11 is 0. The van der Waals surface area contributed by atoms with E-state index in [1.54, 1.807) is 6.07 Å². The summed E-state index contributed by atoms with van der Waals surface area (Å²) in [7, 11) is 0. The molecule has 0 spiro atoms. The summed E-state index contributed by atoms with van der Waals surface area (Å²) in [6.07, 6.45) is 5.26. The van der Waals surface area contributed by atoms with Crippen molar-refractivity contribution in [3.05, 3.63) is 29.3 Å². The van der Waals surface area contributed by atoms with Crippen molar-refractivity contribution in [1.29, 1.82) is 0 Å². The van der Waals surface area contributed by atoms with E-state index < -0.39 is 0 Å². The zero-order valence-corrected chi connectivity index (χ0v) is 10.8. The van der Waals surface area contributed by atoms with E-state index in [9.17, 15) is 4.79 Å². The van der Waals surface area contributed by atoms with E-state index in [2.05, 4.69) is 5.32 Å². The van der Waals surface area contributed by atoms with Gasteiger partial charge in [0.25, 0.3) is 5.91 Å². The number of aryl methyl sites for hydroxylation is 1. The third kappa shape index (κ3) is 1.98. The zero-order chi connectivity index (χ0) is 12.8. The predicted molar refractivity (Wildman–Crippen MR) is 72.3 cm³/mol. The number of hydrogen-bond acceptors (Lipinski definition) is 2. The van der Waals surface area contributed by atoms with Crippen LogP contribution in [-0.2, 0) is 0 Å². The van der Waals surface area contributed by atoms with Gasteiger partial charge in [-0.3, -0.25) is 4.79 Å². The van der Waals surface area contributed by atoms with E-state index in [1.165, 1.54) is 25.7 Å². The molecule has 1 aromatic rings. The summed E-state index contributed by atoms with van der Waals surface area (Å²) in [6.45, 7) is 2.75. The van der Waals surface area contributed by atoms with Crippen LogP contribution in [0.4, 0.5) is 5.69 Å². The molecule has 0 aromatic heterocycles. The van der Waals surface area contributed by atoms with E-state index in [4.69, 9.17) is 5.73 Å². The molecule has 2 aliphatic rings. The number of rotatable bonds is 4. The summed E-state index contributed by atoms with van der Waals surface area (Å²) in [5, 5.41) is 3.07. The molecule has 3 nitrogen and oxygen atoms in total. The number of anilines is 1. The quantitative estimate of drug-likeness (QED) is 0.799. The highest BCUT2D eigenvalue weighted by molar-refractivity contribution is 5.99. The second kappa shape index (κ2) is 4.01. The molecule has 2 fully saturated rings. The molecular formula is C15H20N2O. The van der Waals surface area contributed by atoms with Gasteiger partial charge in [0, 0.05) is 12.2 Å². The van der Waals surface area contributed by atoms with Crippen LogP contribution >= 0.6 is 0 Å². The Morgan fingerprint density at radius 2 is 2.17 bits per heavy atom. The van der Waals surface area contributed by atoms with Gasteiger partial charge in [-0.1, -0.05) is 12.1 Å². The summed E-state index contributed by atoms with van der Waals surface area (Å²) in [4.78, 5) is 12.1. The van der Waals surface area contributed by atoms with Crippen molar-refractivity contribution in [2.24, 2.45) is 11.3 Å². The minimum absolute atomic E-state index is 0.0249. The highest BCUT2D eigenvalue weighted by Crippen LogP contribution is 2.60. The fraction of sp³-hybridized carbons (Fsp3) is 0.533. The Labute approximate surface area is 108 Å². The Balaban J connectivity index is 1.66. The average molecular weight is 244 g/mol. The van der Waals surface area contributed by atoms with Gasteiger partial charge in [0.2, 0.25) is 0 Å². The molecule has 2 aliphatic carbocycles. The normalized spacial score (nSPS) is 20.5. The van der Waals surface area contributed by atoms with Crippen molar-refractivity contribution in [3.8, 4) is 0 Å². The summed E-state index contributed by atoms with van der Waals surface area (Å²) in [5.41, 5.74) is 8.57. The van der Waals surface area contributed by atoms with Crippen LogP contribution in [0.2, 0.25) is 0 Å². The van der Waals surface area contributed by atoms with Crippen molar-refractivity contribution < 1.29 is 4.79 Å². The van der Waals surface area contributed by atoms with E-state index >= 15 is 0 Å². The maximum Gasteiger partial charge on any atom is 0.253 e. The third-order valence-electron chi connectivity index (χ3n) is 4.51. The van der Waals surface area contributed by atoms with Crippen molar-refractivity contribution in [1.82, 2.24) is 5.32 Å². The molecule has 96 valence electrons. The molecule has 3 heteroatoms. The largest absolute Gasteiger partial charge is 0.398 e.